The zero-order valence-electron chi connectivity index (χ0n) is 10.2. The summed E-state index contributed by atoms with van der Waals surface area (Å²) in [6.45, 7) is 2.26. The molecule has 2 rings (SSSR count). The van der Waals surface area contributed by atoms with E-state index in [1.807, 2.05) is 12.3 Å². The Balaban J connectivity index is 2.20. The summed E-state index contributed by atoms with van der Waals surface area (Å²) in [5.41, 5.74) is 11.8. The summed E-state index contributed by atoms with van der Waals surface area (Å²) in [6.07, 6.45) is 0. The van der Waals surface area contributed by atoms with Crippen molar-refractivity contribution in [3.63, 3.8) is 0 Å². The van der Waals surface area contributed by atoms with Gasteiger partial charge in [-0.2, -0.15) is 0 Å². The van der Waals surface area contributed by atoms with Gasteiger partial charge in [-0.15, -0.1) is 11.3 Å². The molecular formula is C12H13FN4OS. The molecule has 0 aliphatic rings. The number of aromatic nitrogens is 1. The molecule has 0 aliphatic heterocycles. The van der Waals surface area contributed by atoms with Gasteiger partial charge in [0.05, 0.1) is 28.5 Å². The number of halogens is 1. The number of primary amides is 1. The minimum Gasteiger partial charge on any atom is -0.398 e. The molecule has 0 fully saturated rings. The zero-order valence-corrected chi connectivity index (χ0v) is 11.1. The van der Waals surface area contributed by atoms with Crippen LogP contribution in [0.1, 0.15) is 21.1 Å². The van der Waals surface area contributed by atoms with Gasteiger partial charge in [0.2, 0.25) is 0 Å². The van der Waals surface area contributed by atoms with Gasteiger partial charge in [0.1, 0.15) is 5.82 Å². The largest absolute Gasteiger partial charge is 0.398 e. The van der Waals surface area contributed by atoms with Gasteiger partial charge < -0.3 is 16.8 Å². The van der Waals surface area contributed by atoms with Crippen LogP contribution in [0.4, 0.5) is 15.8 Å². The van der Waals surface area contributed by atoms with Gasteiger partial charge in [-0.1, -0.05) is 0 Å². The average Bonchev–Trinajstić information content (AvgIpc) is 2.73. The second kappa shape index (κ2) is 5.23. The zero-order chi connectivity index (χ0) is 14.0. The Morgan fingerprint density at radius 2 is 2.26 bits per heavy atom. The number of carbonyl (C=O) groups excluding carboxylic acids is 1. The number of carbonyl (C=O) groups is 1. The molecule has 0 aliphatic carbocycles. The fourth-order valence-electron chi connectivity index (χ4n) is 1.61. The number of nitrogens with one attached hydrogen (secondary N) is 1. The minimum atomic E-state index is -0.690. The second-order valence-electron chi connectivity index (χ2n) is 3.99. The predicted molar refractivity (Wildman–Crippen MR) is 73.5 cm³/mol. The van der Waals surface area contributed by atoms with Crippen molar-refractivity contribution < 1.29 is 9.18 Å². The van der Waals surface area contributed by atoms with Gasteiger partial charge in [0, 0.05) is 11.1 Å². The molecule has 7 heteroatoms. The quantitative estimate of drug-likeness (QED) is 0.745. The SMILES string of the molecule is Cc1nc(CNc2cc(C(N)=O)c(N)cc2F)cs1. The number of nitrogen functional groups attached to an aromatic ring is 1. The molecule has 0 saturated heterocycles. The number of amides is 1. The highest BCUT2D eigenvalue weighted by molar-refractivity contribution is 7.09. The number of rotatable bonds is 4. The molecule has 0 radical (unpaired) electrons. The maximum Gasteiger partial charge on any atom is 0.250 e. The first kappa shape index (κ1) is 13.3. The molecule has 19 heavy (non-hydrogen) atoms. The summed E-state index contributed by atoms with van der Waals surface area (Å²) >= 11 is 1.52. The van der Waals surface area contributed by atoms with Crippen LogP contribution >= 0.6 is 11.3 Å². The first-order valence-electron chi connectivity index (χ1n) is 5.51. The Labute approximate surface area is 113 Å². The van der Waals surface area contributed by atoms with Crippen LogP contribution in [0.5, 0.6) is 0 Å². The van der Waals surface area contributed by atoms with Crippen molar-refractivity contribution in [1.29, 1.82) is 0 Å². The lowest BCUT2D eigenvalue weighted by atomic mass is 10.1. The highest BCUT2D eigenvalue weighted by Crippen LogP contribution is 2.22. The maximum atomic E-state index is 13.7. The van der Waals surface area contributed by atoms with Gasteiger partial charge in [-0.05, 0) is 19.1 Å². The molecule has 5 N–H and O–H groups in total. The summed E-state index contributed by atoms with van der Waals surface area (Å²) in [7, 11) is 0. The summed E-state index contributed by atoms with van der Waals surface area (Å²) < 4.78 is 13.7. The Hall–Kier alpha value is -2.15. The van der Waals surface area contributed by atoms with Crippen LogP contribution in [0.3, 0.4) is 0 Å². The van der Waals surface area contributed by atoms with E-state index in [-0.39, 0.29) is 16.9 Å². The van der Waals surface area contributed by atoms with Crippen molar-refractivity contribution in [2.45, 2.75) is 13.5 Å². The van der Waals surface area contributed by atoms with E-state index in [1.54, 1.807) is 0 Å². The van der Waals surface area contributed by atoms with Crippen LogP contribution in [-0.2, 0) is 6.54 Å². The third kappa shape index (κ3) is 3.00. The van der Waals surface area contributed by atoms with Gasteiger partial charge >= 0.3 is 0 Å². The number of nitrogens with zero attached hydrogens (tertiary/aromatic N) is 1. The summed E-state index contributed by atoms with van der Waals surface area (Å²) in [5.74, 6) is -1.22. The average molecular weight is 280 g/mol. The fraction of sp³-hybridized carbons (Fsp3) is 0.167. The number of nitrogens with two attached hydrogens (primary N) is 2. The molecule has 2 aromatic rings. The highest BCUT2D eigenvalue weighted by atomic mass is 32.1. The second-order valence-corrected chi connectivity index (χ2v) is 5.06. The van der Waals surface area contributed by atoms with Crippen LogP contribution in [-0.4, -0.2) is 10.9 Å². The first-order valence-corrected chi connectivity index (χ1v) is 6.39. The molecular weight excluding hydrogens is 267 g/mol. The van der Waals surface area contributed by atoms with E-state index in [2.05, 4.69) is 10.3 Å². The number of hydrogen-bond donors (Lipinski definition) is 3. The molecule has 1 amide bonds. The summed E-state index contributed by atoms with van der Waals surface area (Å²) in [6, 6.07) is 2.39. The van der Waals surface area contributed by atoms with E-state index in [4.69, 9.17) is 11.5 Å². The van der Waals surface area contributed by atoms with E-state index < -0.39 is 11.7 Å². The molecule has 0 unspecified atom stereocenters. The summed E-state index contributed by atoms with van der Waals surface area (Å²) in [5, 5.41) is 5.69. The number of thiazole rings is 1. The lowest BCUT2D eigenvalue weighted by Gasteiger charge is -2.09. The number of benzene rings is 1. The van der Waals surface area contributed by atoms with Gasteiger partial charge in [-0.25, -0.2) is 9.37 Å². The monoisotopic (exact) mass is 280 g/mol. The van der Waals surface area contributed by atoms with Gasteiger partial charge in [0.15, 0.2) is 0 Å². The van der Waals surface area contributed by atoms with Crippen molar-refractivity contribution in [3.8, 4) is 0 Å². The van der Waals surface area contributed by atoms with Crippen LogP contribution in [0.25, 0.3) is 0 Å². The van der Waals surface area contributed by atoms with Crippen molar-refractivity contribution in [3.05, 3.63) is 39.6 Å². The lowest BCUT2D eigenvalue weighted by molar-refractivity contribution is 0.100. The van der Waals surface area contributed by atoms with Crippen LogP contribution in [0, 0.1) is 12.7 Å². The normalized spacial score (nSPS) is 10.4. The third-order valence-corrected chi connectivity index (χ3v) is 3.35. The van der Waals surface area contributed by atoms with Crippen molar-refractivity contribution in [2.75, 3.05) is 11.1 Å². The van der Waals surface area contributed by atoms with E-state index in [0.29, 0.717) is 6.54 Å². The number of aryl methyl sites for hydroxylation is 1. The van der Waals surface area contributed by atoms with E-state index in [1.165, 1.54) is 17.4 Å². The Morgan fingerprint density at radius 1 is 1.53 bits per heavy atom. The van der Waals surface area contributed by atoms with E-state index in [0.717, 1.165) is 16.8 Å². The van der Waals surface area contributed by atoms with Crippen molar-refractivity contribution >= 4 is 28.6 Å². The van der Waals surface area contributed by atoms with Gasteiger partial charge in [0.25, 0.3) is 5.91 Å². The molecule has 0 spiro atoms. The Morgan fingerprint density at radius 3 is 2.84 bits per heavy atom. The number of hydrogen-bond acceptors (Lipinski definition) is 5. The molecule has 100 valence electrons. The molecule has 0 saturated carbocycles. The molecule has 0 bridgehead atoms. The first-order chi connectivity index (χ1) is 8.97. The molecule has 1 aromatic carbocycles. The van der Waals surface area contributed by atoms with E-state index >= 15 is 0 Å². The smallest absolute Gasteiger partial charge is 0.250 e. The van der Waals surface area contributed by atoms with Crippen molar-refractivity contribution in [2.24, 2.45) is 5.73 Å². The Bertz CT molecular complexity index is 626. The van der Waals surface area contributed by atoms with E-state index in [9.17, 15) is 9.18 Å². The third-order valence-electron chi connectivity index (χ3n) is 2.53. The standard InChI is InChI=1S/C12H13FN4OS/c1-6-17-7(5-19-6)4-16-11-2-8(12(15)18)10(14)3-9(11)13/h2-3,5,16H,4,14H2,1H3,(H2,15,18). The molecule has 1 aromatic heterocycles. The highest BCUT2D eigenvalue weighted by Gasteiger charge is 2.12. The predicted octanol–water partition coefficient (Wildman–Crippen LogP) is 1.88. The van der Waals surface area contributed by atoms with Crippen LogP contribution in [0.15, 0.2) is 17.5 Å². The molecule has 5 nitrogen and oxygen atoms in total. The van der Waals surface area contributed by atoms with Crippen LogP contribution in [0.2, 0.25) is 0 Å². The minimum absolute atomic E-state index is 0.0278. The molecule has 0 atom stereocenters. The fourth-order valence-corrected chi connectivity index (χ4v) is 2.23. The topological polar surface area (TPSA) is 94.0 Å². The van der Waals surface area contributed by atoms with Gasteiger partial charge in [-0.3, -0.25) is 4.79 Å². The summed E-state index contributed by atoms with van der Waals surface area (Å²) in [4.78, 5) is 15.4. The van der Waals surface area contributed by atoms with Crippen LogP contribution < -0.4 is 16.8 Å². The lowest BCUT2D eigenvalue weighted by Crippen LogP contribution is -2.15. The Kier molecular flexibility index (Phi) is 3.66. The molecule has 1 heterocycles. The van der Waals surface area contributed by atoms with Crippen molar-refractivity contribution in [1.82, 2.24) is 4.98 Å². The number of anilines is 2. The maximum absolute atomic E-state index is 13.7.